The van der Waals surface area contributed by atoms with Crippen LogP contribution in [0, 0.1) is 0 Å². The summed E-state index contributed by atoms with van der Waals surface area (Å²) in [5, 5.41) is 7.93. The molecule has 0 aromatic heterocycles. The van der Waals surface area contributed by atoms with E-state index in [4.69, 9.17) is 10.00 Å². The maximum atomic E-state index is 10.2. The Kier molecular flexibility index (Phi) is 13.8. The molecule has 11 heavy (non-hydrogen) atoms. The Morgan fingerprint density at radius 3 is 2.09 bits per heavy atom. The molecule has 0 spiro atoms. The molecule has 1 atom stereocenters. The summed E-state index contributed by atoms with van der Waals surface area (Å²) in [6.45, 7) is 1.35. The standard InChI is InChI=1S/C3H7O5P.2Na.2H/c1-2-8-9(6,7)3(4)5;;;;/h2H2,1H3,(H,4,5)(H,6,7);;;;/q;2*+1;2*-1. The van der Waals surface area contributed by atoms with Gasteiger partial charge in [-0.3, -0.25) is 0 Å². The molecule has 5 nitrogen and oxygen atoms in total. The van der Waals surface area contributed by atoms with Crippen LogP contribution in [0.4, 0.5) is 4.79 Å². The Labute approximate surface area is 112 Å². The predicted molar refractivity (Wildman–Crippen MR) is 31.7 cm³/mol. The molecule has 8 heteroatoms. The van der Waals surface area contributed by atoms with Gasteiger partial charge in [-0.2, -0.15) is 0 Å². The molecule has 0 aliphatic carbocycles. The fraction of sp³-hybridized carbons (Fsp3) is 0.667. The van der Waals surface area contributed by atoms with Crippen LogP contribution in [0.15, 0.2) is 0 Å². The van der Waals surface area contributed by atoms with Gasteiger partial charge in [-0.25, -0.2) is 9.36 Å². The first-order valence-corrected chi connectivity index (χ1v) is 3.79. The molecule has 0 radical (unpaired) electrons. The number of rotatable bonds is 3. The monoisotopic (exact) mass is 202 g/mol. The van der Waals surface area contributed by atoms with Gasteiger partial charge in [0, 0.05) is 0 Å². The summed E-state index contributed by atoms with van der Waals surface area (Å²) in [5.74, 6) is 0. The van der Waals surface area contributed by atoms with Crippen molar-refractivity contribution in [3.63, 3.8) is 0 Å². The topological polar surface area (TPSA) is 83.8 Å². The average Bonchev–Trinajstić information content (AvgIpc) is 1.65. The van der Waals surface area contributed by atoms with Crippen molar-refractivity contribution in [1.82, 2.24) is 0 Å². The molecule has 0 aromatic carbocycles. The van der Waals surface area contributed by atoms with Gasteiger partial charge in [-0.15, -0.1) is 0 Å². The zero-order valence-corrected chi connectivity index (χ0v) is 11.7. The smallest absolute Gasteiger partial charge is 1.00 e. The molecule has 0 aliphatic heterocycles. The van der Waals surface area contributed by atoms with Gasteiger partial charge in [0.05, 0.1) is 6.61 Å². The van der Waals surface area contributed by atoms with Crippen molar-refractivity contribution >= 4 is 13.3 Å². The molecule has 0 saturated heterocycles. The van der Waals surface area contributed by atoms with E-state index in [2.05, 4.69) is 4.52 Å². The first-order chi connectivity index (χ1) is 4.00. The molecule has 2 N–H and O–H groups in total. The Morgan fingerprint density at radius 1 is 1.64 bits per heavy atom. The third-order valence-electron chi connectivity index (χ3n) is 0.546. The molecule has 0 rings (SSSR count). The van der Waals surface area contributed by atoms with Crippen molar-refractivity contribution < 1.29 is 85.9 Å². The molecule has 0 heterocycles. The van der Waals surface area contributed by atoms with Crippen LogP contribution in [0.2, 0.25) is 0 Å². The maximum absolute atomic E-state index is 10.2. The van der Waals surface area contributed by atoms with Crippen LogP contribution >= 0.6 is 7.60 Å². The fourth-order valence-corrected chi connectivity index (χ4v) is 0.691. The molecule has 0 bridgehead atoms. The summed E-state index contributed by atoms with van der Waals surface area (Å²) in [4.78, 5) is 18.1. The van der Waals surface area contributed by atoms with E-state index in [1.165, 1.54) is 6.92 Å². The second-order valence-electron chi connectivity index (χ2n) is 1.22. The summed E-state index contributed by atoms with van der Waals surface area (Å²) in [5.41, 5.74) is -1.82. The van der Waals surface area contributed by atoms with Gasteiger partial charge < -0.3 is 17.4 Å². The molecular weight excluding hydrogens is 193 g/mol. The fourth-order valence-electron chi connectivity index (χ4n) is 0.230. The number of carbonyl (C=O) groups is 1. The van der Waals surface area contributed by atoms with Crippen LogP contribution in [0.3, 0.4) is 0 Å². The zero-order valence-electron chi connectivity index (χ0n) is 8.77. The van der Waals surface area contributed by atoms with E-state index in [0.29, 0.717) is 0 Å². The second kappa shape index (κ2) is 8.23. The Bertz CT molecular complexity index is 168. The van der Waals surface area contributed by atoms with E-state index in [-0.39, 0.29) is 68.6 Å². The molecule has 0 fully saturated rings. The van der Waals surface area contributed by atoms with Crippen molar-refractivity contribution in [2.75, 3.05) is 6.61 Å². The summed E-state index contributed by atoms with van der Waals surface area (Å²) < 4.78 is 14.2. The van der Waals surface area contributed by atoms with Gasteiger partial charge in [0.25, 0.3) is 0 Å². The third-order valence-corrected chi connectivity index (χ3v) is 1.64. The minimum Gasteiger partial charge on any atom is -1.00 e. The van der Waals surface area contributed by atoms with E-state index in [1.54, 1.807) is 0 Å². The quantitative estimate of drug-likeness (QED) is 0.354. The maximum Gasteiger partial charge on any atom is 1.00 e. The van der Waals surface area contributed by atoms with Gasteiger partial charge in [-0.1, -0.05) is 0 Å². The predicted octanol–water partition coefficient (Wildman–Crippen LogP) is -4.88. The van der Waals surface area contributed by atoms with Gasteiger partial charge in [-0.05, 0) is 6.92 Å². The average molecular weight is 202 g/mol. The number of carboxylic acid groups (broad SMARTS) is 1. The molecular formula is C3H9Na2O5P. The SMILES string of the molecule is CCOP(=O)(O)C(=O)O.[H-].[H-].[Na+].[Na+]. The minimum absolute atomic E-state index is 0. The van der Waals surface area contributed by atoms with Crippen molar-refractivity contribution in [3.05, 3.63) is 0 Å². The van der Waals surface area contributed by atoms with E-state index < -0.39 is 13.3 Å². The van der Waals surface area contributed by atoms with Gasteiger partial charge >= 0.3 is 72.4 Å². The number of hydrogen-bond acceptors (Lipinski definition) is 3. The van der Waals surface area contributed by atoms with Crippen LogP contribution in [-0.4, -0.2) is 22.3 Å². The molecule has 0 aliphatic rings. The van der Waals surface area contributed by atoms with Gasteiger partial charge in [0.15, 0.2) is 0 Å². The molecule has 0 aromatic rings. The summed E-state index contributed by atoms with van der Waals surface area (Å²) in [6, 6.07) is 0. The van der Waals surface area contributed by atoms with E-state index in [0.717, 1.165) is 0 Å². The molecule has 0 saturated carbocycles. The van der Waals surface area contributed by atoms with Crippen LogP contribution < -0.4 is 59.1 Å². The van der Waals surface area contributed by atoms with E-state index >= 15 is 0 Å². The Hall–Kier alpha value is 1.62. The molecule has 1 unspecified atom stereocenters. The van der Waals surface area contributed by atoms with Crippen molar-refractivity contribution in [3.8, 4) is 0 Å². The Balaban J connectivity index is -0.0000000533. The van der Waals surface area contributed by atoms with Crippen molar-refractivity contribution in [2.24, 2.45) is 0 Å². The largest absolute Gasteiger partial charge is 1.00 e. The summed E-state index contributed by atoms with van der Waals surface area (Å²) in [7, 11) is -4.35. The molecule has 58 valence electrons. The van der Waals surface area contributed by atoms with Gasteiger partial charge in [0.2, 0.25) is 0 Å². The minimum atomic E-state index is -4.35. The van der Waals surface area contributed by atoms with Crippen LogP contribution in [0.5, 0.6) is 0 Å². The second-order valence-corrected chi connectivity index (χ2v) is 2.90. The van der Waals surface area contributed by atoms with Crippen molar-refractivity contribution in [1.29, 1.82) is 0 Å². The Morgan fingerprint density at radius 2 is 2.00 bits per heavy atom. The first kappa shape index (κ1) is 18.4. The third kappa shape index (κ3) is 7.96. The van der Waals surface area contributed by atoms with Crippen molar-refractivity contribution in [2.45, 2.75) is 6.92 Å². The van der Waals surface area contributed by atoms with Gasteiger partial charge in [0.1, 0.15) is 0 Å². The van der Waals surface area contributed by atoms with Crippen LogP contribution in [0.1, 0.15) is 9.78 Å². The normalized spacial score (nSPS) is 13.6. The van der Waals surface area contributed by atoms with E-state index in [1.807, 2.05) is 0 Å². The number of hydrogen-bond donors (Lipinski definition) is 2. The van der Waals surface area contributed by atoms with Crippen LogP contribution in [0.25, 0.3) is 0 Å². The van der Waals surface area contributed by atoms with E-state index in [9.17, 15) is 9.36 Å². The first-order valence-electron chi connectivity index (χ1n) is 2.21. The molecule has 0 amide bonds. The summed E-state index contributed by atoms with van der Waals surface area (Å²) >= 11 is 0. The zero-order chi connectivity index (χ0) is 7.49. The summed E-state index contributed by atoms with van der Waals surface area (Å²) in [6.07, 6.45) is 0. The van der Waals surface area contributed by atoms with Crippen LogP contribution in [-0.2, 0) is 9.09 Å².